The molecule has 0 radical (unpaired) electrons. The van der Waals surface area contributed by atoms with Crippen LogP contribution < -0.4 is 10.1 Å². The van der Waals surface area contributed by atoms with Crippen LogP contribution in [0.1, 0.15) is 17.3 Å². The van der Waals surface area contributed by atoms with Crippen LogP contribution >= 0.6 is 0 Å². The molecule has 7 heteroatoms. The van der Waals surface area contributed by atoms with E-state index in [4.69, 9.17) is 0 Å². The van der Waals surface area contributed by atoms with Gasteiger partial charge in [0.1, 0.15) is 11.6 Å². The summed E-state index contributed by atoms with van der Waals surface area (Å²) in [4.78, 5) is 13.8. The fraction of sp³-hybridized carbons (Fsp3) is 0.462. The largest absolute Gasteiger partial charge is 0.434 e. The van der Waals surface area contributed by atoms with Crippen LogP contribution in [0.25, 0.3) is 0 Å². The molecule has 1 amide bonds. The van der Waals surface area contributed by atoms with Gasteiger partial charge in [-0.05, 0) is 19.1 Å². The fourth-order valence-electron chi connectivity index (χ4n) is 2.15. The van der Waals surface area contributed by atoms with Gasteiger partial charge in [-0.25, -0.2) is 4.39 Å². The Morgan fingerprint density at radius 1 is 1.50 bits per heavy atom. The first kappa shape index (κ1) is 14.6. The predicted molar refractivity (Wildman–Crippen MR) is 66.4 cm³/mol. The summed E-state index contributed by atoms with van der Waals surface area (Å²) in [5.74, 6) is -1.60. The summed E-state index contributed by atoms with van der Waals surface area (Å²) >= 11 is 0. The van der Waals surface area contributed by atoms with E-state index in [0.717, 1.165) is 12.1 Å². The molecule has 1 aliphatic heterocycles. The fourth-order valence-corrected chi connectivity index (χ4v) is 2.15. The maximum absolute atomic E-state index is 13.1. The van der Waals surface area contributed by atoms with Crippen molar-refractivity contribution in [1.29, 1.82) is 0 Å². The van der Waals surface area contributed by atoms with Crippen molar-refractivity contribution in [2.24, 2.45) is 0 Å². The summed E-state index contributed by atoms with van der Waals surface area (Å²) in [7, 11) is 0. The first-order valence-electron chi connectivity index (χ1n) is 6.24. The maximum Gasteiger partial charge on any atom is 0.387 e. The Balaban J connectivity index is 2.24. The minimum absolute atomic E-state index is 0.0548. The van der Waals surface area contributed by atoms with Gasteiger partial charge >= 0.3 is 6.61 Å². The predicted octanol–water partition coefficient (Wildman–Crippen LogP) is 1.86. The van der Waals surface area contributed by atoms with E-state index in [1.165, 1.54) is 11.0 Å². The molecule has 0 saturated carbocycles. The molecule has 1 heterocycles. The van der Waals surface area contributed by atoms with E-state index < -0.39 is 24.1 Å². The molecule has 1 fully saturated rings. The lowest BCUT2D eigenvalue weighted by molar-refractivity contribution is -0.0504. The molecule has 0 bridgehead atoms. The summed E-state index contributed by atoms with van der Waals surface area (Å²) in [5.41, 5.74) is -0.0548. The van der Waals surface area contributed by atoms with E-state index in [1.54, 1.807) is 0 Å². The van der Waals surface area contributed by atoms with E-state index in [-0.39, 0.29) is 11.6 Å². The summed E-state index contributed by atoms with van der Waals surface area (Å²) in [6.45, 7) is 0.365. The topological polar surface area (TPSA) is 41.6 Å². The third kappa shape index (κ3) is 3.41. The third-order valence-corrected chi connectivity index (χ3v) is 3.05. The van der Waals surface area contributed by atoms with Crippen LogP contribution in [0.4, 0.5) is 13.2 Å². The maximum atomic E-state index is 13.1. The van der Waals surface area contributed by atoms with Crippen LogP contribution in [0.2, 0.25) is 0 Å². The summed E-state index contributed by atoms with van der Waals surface area (Å²) in [6.07, 6.45) is 0. The zero-order valence-corrected chi connectivity index (χ0v) is 10.9. The van der Waals surface area contributed by atoms with Crippen LogP contribution in [0.5, 0.6) is 5.75 Å². The number of carbonyl (C=O) groups excluding carboxylic acids is 1. The number of halogens is 3. The van der Waals surface area contributed by atoms with Gasteiger partial charge in [-0.3, -0.25) is 4.79 Å². The van der Waals surface area contributed by atoms with Crippen molar-refractivity contribution < 1.29 is 22.7 Å². The van der Waals surface area contributed by atoms with Gasteiger partial charge in [0, 0.05) is 31.7 Å². The summed E-state index contributed by atoms with van der Waals surface area (Å²) in [6, 6.07) is 3.14. The number of rotatable bonds is 3. The quantitative estimate of drug-likeness (QED) is 0.923. The average molecular weight is 288 g/mol. The van der Waals surface area contributed by atoms with Crippen molar-refractivity contribution in [1.82, 2.24) is 10.2 Å². The molecule has 20 heavy (non-hydrogen) atoms. The second-order valence-electron chi connectivity index (χ2n) is 4.63. The second kappa shape index (κ2) is 6.13. The van der Waals surface area contributed by atoms with Crippen molar-refractivity contribution in [3.8, 4) is 5.75 Å². The molecule has 1 aromatic carbocycles. The number of nitrogens with zero attached hydrogens (tertiary/aromatic N) is 1. The average Bonchev–Trinajstić information content (AvgIpc) is 2.37. The van der Waals surface area contributed by atoms with Gasteiger partial charge in [-0.2, -0.15) is 8.78 Å². The molecule has 1 aliphatic rings. The third-order valence-electron chi connectivity index (χ3n) is 3.05. The SMILES string of the molecule is CC1CN(C(=O)c2ccc(F)cc2OC(F)F)CCN1. The Morgan fingerprint density at radius 3 is 2.90 bits per heavy atom. The van der Waals surface area contributed by atoms with Gasteiger partial charge in [-0.15, -0.1) is 0 Å². The Labute approximate surface area is 114 Å². The Kier molecular flexibility index (Phi) is 4.49. The lowest BCUT2D eigenvalue weighted by Gasteiger charge is -2.32. The van der Waals surface area contributed by atoms with Gasteiger partial charge < -0.3 is 15.0 Å². The van der Waals surface area contributed by atoms with E-state index in [2.05, 4.69) is 10.1 Å². The van der Waals surface area contributed by atoms with Gasteiger partial charge in [0.2, 0.25) is 0 Å². The summed E-state index contributed by atoms with van der Waals surface area (Å²) < 4.78 is 42.0. The lowest BCUT2D eigenvalue weighted by Crippen LogP contribution is -2.51. The highest BCUT2D eigenvalue weighted by Crippen LogP contribution is 2.24. The van der Waals surface area contributed by atoms with Crippen LogP contribution in [0, 0.1) is 5.82 Å². The number of alkyl halides is 2. The number of hydrogen-bond donors (Lipinski definition) is 1. The number of ether oxygens (including phenoxy) is 1. The Bertz CT molecular complexity index is 497. The number of nitrogens with one attached hydrogen (secondary N) is 1. The smallest absolute Gasteiger partial charge is 0.387 e. The van der Waals surface area contributed by atoms with E-state index in [0.29, 0.717) is 19.6 Å². The molecule has 2 rings (SSSR count). The van der Waals surface area contributed by atoms with Crippen molar-refractivity contribution >= 4 is 5.91 Å². The number of piperazine rings is 1. The first-order chi connectivity index (χ1) is 9.47. The van der Waals surface area contributed by atoms with Crippen LogP contribution in [0.15, 0.2) is 18.2 Å². The molecule has 110 valence electrons. The minimum atomic E-state index is -3.11. The molecular formula is C13H15F3N2O2. The zero-order valence-electron chi connectivity index (χ0n) is 10.9. The van der Waals surface area contributed by atoms with E-state index in [9.17, 15) is 18.0 Å². The number of benzene rings is 1. The molecular weight excluding hydrogens is 273 g/mol. The molecule has 1 N–H and O–H groups in total. The van der Waals surface area contributed by atoms with Crippen molar-refractivity contribution in [2.75, 3.05) is 19.6 Å². The van der Waals surface area contributed by atoms with Gasteiger partial charge in [0.25, 0.3) is 5.91 Å². The highest BCUT2D eigenvalue weighted by molar-refractivity contribution is 5.97. The van der Waals surface area contributed by atoms with Gasteiger partial charge in [0.15, 0.2) is 0 Å². The zero-order chi connectivity index (χ0) is 14.7. The molecule has 0 aromatic heterocycles. The molecule has 0 aliphatic carbocycles. The van der Waals surface area contributed by atoms with Gasteiger partial charge in [0.05, 0.1) is 5.56 Å². The Morgan fingerprint density at radius 2 is 2.25 bits per heavy atom. The summed E-state index contributed by atoms with van der Waals surface area (Å²) in [5, 5.41) is 3.17. The van der Waals surface area contributed by atoms with Gasteiger partial charge in [-0.1, -0.05) is 0 Å². The molecule has 4 nitrogen and oxygen atoms in total. The van der Waals surface area contributed by atoms with Crippen molar-refractivity contribution in [2.45, 2.75) is 19.6 Å². The van der Waals surface area contributed by atoms with E-state index in [1.807, 2.05) is 6.92 Å². The first-order valence-corrected chi connectivity index (χ1v) is 6.24. The molecule has 1 atom stereocenters. The standard InChI is InChI=1S/C13H15F3N2O2/c1-8-7-18(5-4-17-8)12(19)10-3-2-9(14)6-11(10)20-13(15)16/h2-3,6,8,13,17H,4-5,7H2,1H3. The Hall–Kier alpha value is -1.76. The number of amides is 1. The highest BCUT2D eigenvalue weighted by atomic mass is 19.3. The van der Waals surface area contributed by atoms with Crippen molar-refractivity contribution in [3.63, 3.8) is 0 Å². The van der Waals surface area contributed by atoms with Crippen molar-refractivity contribution in [3.05, 3.63) is 29.6 Å². The van der Waals surface area contributed by atoms with Crippen LogP contribution in [-0.4, -0.2) is 43.1 Å². The normalized spacial score (nSPS) is 19.2. The minimum Gasteiger partial charge on any atom is -0.434 e. The number of hydrogen-bond acceptors (Lipinski definition) is 3. The highest BCUT2D eigenvalue weighted by Gasteiger charge is 2.25. The number of carbonyl (C=O) groups is 1. The van der Waals surface area contributed by atoms with Crippen LogP contribution in [0.3, 0.4) is 0 Å². The van der Waals surface area contributed by atoms with E-state index >= 15 is 0 Å². The lowest BCUT2D eigenvalue weighted by atomic mass is 10.1. The molecule has 0 spiro atoms. The van der Waals surface area contributed by atoms with Crippen LogP contribution in [-0.2, 0) is 0 Å². The molecule has 1 saturated heterocycles. The second-order valence-corrected chi connectivity index (χ2v) is 4.63. The molecule has 1 unspecified atom stereocenters. The molecule has 1 aromatic rings. The monoisotopic (exact) mass is 288 g/mol.